The summed E-state index contributed by atoms with van der Waals surface area (Å²) in [7, 11) is -3.41. The molecule has 0 fully saturated rings. The maximum atomic E-state index is 11.9. The summed E-state index contributed by atoms with van der Waals surface area (Å²) in [5.74, 6) is 0. The van der Waals surface area contributed by atoms with E-state index in [0.29, 0.717) is 17.6 Å². The fourth-order valence-electron chi connectivity index (χ4n) is 1.38. The smallest absolute Gasteiger partial charge is 0.240 e. The fourth-order valence-corrected chi connectivity index (χ4v) is 2.58. The first-order valence-corrected chi connectivity index (χ1v) is 7.76. The van der Waals surface area contributed by atoms with E-state index in [-0.39, 0.29) is 4.90 Å². The van der Waals surface area contributed by atoms with E-state index in [9.17, 15) is 8.42 Å². The van der Waals surface area contributed by atoms with Crippen LogP contribution in [-0.2, 0) is 10.0 Å². The number of halogens is 1. The zero-order valence-electron chi connectivity index (χ0n) is 10.6. The molecule has 0 spiro atoms. The molecule has 0 aliphatic rings. The van der Waals surface area contributed by atoms with E-state index in [4.69, 9.17) is 11.6 Å². The molecule has 0 bridgehead atoms. The normalized spacial score (nSPS) is 12.0. The molecular formula is C12H19ClN2O2S. The third-order valence-electron chi connectivity index (χ3n) is 2.32. The molecule has 0 aliphatic heterocycles. The molecule has 18 heavy (non-hydrogen) atoms. The Labute approximate surface area is 114 Å². The Bertz CT molecular complexity index is 457. The Kier molecular flexibility index (Phi) is 6.08. The van der Waals surface area contributed by atoms with E-state index in [1.807, 2.05) is 0 Å². The van der Waals surface area contributed by atoms with Gasteiger partial charge in [-0.3, -0.25) is 0 Å². The second-order valence-electron chi connectivity index (χ2n) is 4.31. The van der Waals surface area contributed by atoms with Crippen LogP contribution in [0, 0.1) is 0 Å². The van der Waals surface area contributed by atoms with E-state index in [1.54, 1.807) is 12.1 Å². The van der Waals surface area contributed by atoms with Gasteiger partial charge in [0.1, 0.15) is 0 Å². The molecule has 0 unspecified atom stereocenters. The van der Waals surface area contributed by atoms with Gasteiger partial charge in [-0.2, -0.15) is 0 Å². The molecule has 0 amide bonds. The van der Waals surface area contributed by atoms with Crippen LogP contribution in [0.5, 0.6) is 0 Å². The first kappa shape index (κ1) is 15.4. The standard InChI is InChI=1S/C12H19ClN2O2S/c1-10(2)14-8-3-9-15-18(16,17)12-6-4-11(13)5-7-12/h4-7,10,14-15H,3,8-9H2,1-2H3. The van der Waals surface area contributed by atoms with Gasteiger partial charge in [-0.25, -0.2) is 13.1 Å². The lowest BCUT2D eigenvalue weighted by Gasteiger charge is -2.09. The third kappa shape index (κ3) is 5.35. The van der Waals surface area contributed by atoms with Crippen LogP contribution < -0.4 is 10.0 Å². The van der Waals surface area contributed by atoms with Gasteiger partial charge < -0.3 is 5.32 Å². The van der Waals surface area contributed by atoms with Crippen LogP contribution in [0.3, 0.4) is 0 Å². The molecule has 4 nitrogen and oxygen atoms in total. The van der Waals surface area contributed by atoms with Crippen LogP contribution in [0.4, 0.5) is 0 Å². The van der Waals surface area contributed by atoms with E-state index in [0.717, 1.165) is 13.0 Å². The van der Waals surface area contributed by atoms with E-state index in [1.165, 1.54) is 12.1 Å². The molecule has 1 aromatic rings. The maximum absolute atomic E-state index is 11.9. The summed E-state index contributed by atoms with van der Waals surface area (Å²) >= 11 is 5.71. The van der Waals surface area contributed by atoms with Gasteiger partial charge in [0.05, 0.1) is 4.90 Å². The average Bonchev–Trinajstić information content (AvgIpc) is 2.28. The number of hydrogen-bond donors (Lipinski definition) is 2. The van der Waals surface area contributed by atoms with Gasteiger partial charge in [0.15, 0.2) is 0 Å². The molecule has 2 N–H and O–H groups in total. The molecule has 0 saturated heterocycles. The van der Waals surface area contributed by atoms with Crippen molar-refractivity contribution in [2.75, 3.05) is 13.1 Å². The van der Waals surface area contributed by atoms with Crippen molar-refractivity contribution in [3.63, 3.8) is 0 Å². The van der Waals surface area contributed by atoms with E-state index >= 15 is 0 Å². The van der Waals surface area contributed by atoms with E-state index in [2.05, 4.69) is 23.9 Å². The first-order chi connectivity index (χ1) is 8.42. The van der Waals surface area contributed by atoms with Crippen molar-refractivity contribution in [3.8, 4) is 0 Å². The summed E-state index contributed by atoms with van der Waals surface area (Å²) in [5, 5.41) is 3.75. The molecule has 0 aromatic heterocycles. The number of sulfonamides is 1. The summed E-state index contributed by atoms with van der Waals surface area (Å²) in [6, 6.07) is 6.54. The average molecular weight is 291 g/mol. The van der Waals surface area contributed by atoms with Gasteiger partial charge in [-0.1, -0.05) is 25.4 Å². The molecule has 1 rings (SSSR count). The van der Waals surface area contributed by atoms with Gasteiger partial charge >= 0.3 is 0 Å². The summed E-state index contributed by atoms with van der Waals surface area (Å²) in [6.07, 6.45) is 0.755. The predicted molar refractivity (Wildman–Crippen MR) is 74.4 cm³/mol. The molecule has 6 heteroatoms. The van der Waals surface area contributed by atoms with Crippen LogP contribution in [-0.4, -0.2) is 27.5 Å². The van der Waals surface area contributed by atoms with Gasteiger partial charge in [-0.05, 0) is 37.2 Å². The minimum Gasteiger partial charge on any atom is -0.314 e. The second kappa shape index (κ2) is 7.09. The zero-order valence-corrected chi connectivity index (χ0v) is 12.2. The highest BCUT2D eigenvalue weighted by molar-refractivity contribution is 7.89. The molecular weight excluding hydrogens is 272 g/mol. The highest BCUT2D eigenvalue weighted by atomic mass is 35.5. The summed E-state index contributed by atoms with van der Waals surface area (Å²) in [4.78, 5) is 0.240. The molecule has 0 heterocycles. The first-order valence-electron chi connectivity index (χ1n) is 5.90. The van der Waals surface area contributed by atoms with Gasteiger partial charge in [-0.15, -0.1) is 0 Å². The van der Waals surface area contributed by atoms with Crippen molar-refractivity contribution in [1.82, 2.24) is 10.0 Å². The lowest BCUT2D eigenvalue weighted by Crippen LogP contribution is -2.29. The van der Waals surface area contributed by atoms with E-state index < -0.39 is 10.0 Å². The molecule has 0 atom stereocenters. The lowest BCUT2D eigenvalue weighted by atomic mass is 10.3. The molecule has 1 aromatic carbocycles. The second-order valence-corrected chi connectivity index (χ2v) is 6.52. The Hall–Kier alpha value is -0.620. The monoisotopic (exact) mass is 290 g/mol. The summed E-state index contributed by atoms with van der Waals surface area (Å²) < 4.78 is 26.3. The number of rotatable bonds is 7. The number of hydrogen-bond acceptors (Lipinski definition) is 3. The Balaban J connectivity index is 2.43. The largest absolute Gasteiger partial charge is 0.314 e. The highest BCUT2D eigenvalue weighted by Crippen LogP contribution is 2.13. The van der Waals surface area contributed by atoms with Crippen LogP contribution in [0.15, 0.2) is 29.2 Å². The van der Waals surface area contributed by atoms with Crippen LogP contribution in [0.1, 0.15) is 20.3 Å². The van der Waals surface area contributed by atoms with Crippen LogP contribution in [0.2, 0.25) is 5.02 Å². The van der Waals surface area contributed by atoms with Crippen molar-refractivity contribution in [3.05, 3.63) is 29.3 Å². The zero-order chi connectivity index (χ0) is 13.6. The molecule has 102 valence electrons. The van der Waals surface area contributed by atoms with Crippen LogP contribution in [0.25, 0.3) is 0 Å². The highest BCUT2D eigenvalue weighted by Gasteiger charge is 2.12. The quantitative estimate of drug-likeness (QED) is 0.755. The predicted octanol–water partition coefficient (Wildman–Crippen LogP) is 2.01. The fraction of sp³-hybridized carbons (Fsp3) is 0.500. The van der Waals surface area contributed by atoms with Crippen molar-refractivity contribution >= 4 is 21.6 Å². The van der Waals surface area contributed by atoms with Gasteiger partial charge in [0.25, 0.3) is 0 Å². The lowest BCUT2D eigenvalue weighted by molar-refractivity contribution is 0.554. The van der Waals surface area contributed by atoms with Gasteiger partial charge in [0, 0.05) is 17.6 Å². The number of benzene rings is 1. The van der Waals surface area contributed by atoms with Crippen molar-refractivity contribution < 1.29 is 8.42 Å². The minimum absolute atomic E-state index is 0.240. The van der Waals surface area contributed by atoms with Crippen molar-refractivity contribution in [1.29, 1.82) is 0 Å². The van der Waals surface area contributed by atoms with Crippen LogP contribution >= 0.6 is 11.6 Å². The Morgan fingerprint density at radius 3 is 2.33 bits per heavy atom. The molecule has 0 saturated carbocycles. The summed E-state index contributed by atoms with van der Waals surface area (Å²) in [6.45, 7) is 5.32. The third-order valence-corrected chi connectivity index (χ3v) is 4.05. The minimum atomic E-state index is -3.41. The molecule has 0 radical (unpaired) electrons. The summed E-state index contributed by atoms with van der Waals surface area (Å²) in [5.41, 5.74) is 0. The van der Waals surface area contributed by atoms with Gasteiger partial charge in [0.2, 0.25) is 10.0 Å². The van der Waals surface area contributed by atoms with Crippen molar-refractivity contribution in [2.24, 2.45) is 0 Å². The number of nitrogens with one attached hydrogen (secondary N) is 2. The Morgan fingerprint density at radius 2 is 1.78 bits per heavy atom. The van der Waals surface area contributed by atoms with Crippen molar-refractivity contribution in [2.45, 2.75) is 31.2 Å². The maximum Gasteiger partial charge on any atom is 0.240 e. The SMILES string of the molecule is CC(C)NCCCNS(=O)(=O)c1ccc(Cl)cc1. The topological polar surface area (TPSA) is 58.2 Å². The molecule has 0 aliphatic carbocycles. The Morgan fingerprint density at radius 1 is 1.17 bits per heavy atom.